The molecule has 0 bridgehead atoms. The highest BCUT2D eigenvalue weighted by atomic mass is 32.2. The zero-order valence-corrected chi connectivity index (χ0v) is 6.97. The Hall–Kier alpha value is -0.620. The summed E-state index contributed by atoms with van der Waals surface area (Å²) in [5, 5.41) is 0. The fraction of sp³-hybridized carbons (Fsp3) is 0.800. The molecule has 64 valence electrons. The number of sulfonamides is 1. The molecule has 0 aromatic rings. The molecule has 0 aromatic carbocycles. The molecule has 0 spiro atoms. The standard InChI is InChI=1S/C5H10N2O3S/c1-11(9,10)7-3-2-4(7)5(6)8/h4H,2-3H2,1H3,(H2,6,8). The highest BCUT2D eigenvalue weighted by Crippen LogP contribution is 2.19. The third kappa shape index (κ3) is 1.51. The maximum absolute atomic E-state index is 10.8. The number of amides is 1. The van der Waals surface area contributed by atoms with E-state index in [1.807, 2.05) is 0 Å². The summed E-state index contributed by atoms with van der Waals surface area (Å²) in [6.07, 6.45) is 1.62. The van der Waals surface area contributed by atoms with Crippen LogP contribution in [0.4, 0.5) is 0 Å². The van der Waals surface area contributed by atoms with Crippen LogP contribution in [0.25, 0.3) is 0 Å². The number of hydrogen-bond acceptors (Lipinski definition) is 3. The smallest absolute Gasteiger partial charge is 0.235 e. The second-order valence-electron chi connectivity index (χ2n) is 2.58. The number of rotatable bonds is 2. The lowest BCUT2D eigenvalue weighted by atomic mass is 10.1. The van der Waals surface area contributed by atoms with Crippen molar-refractivity contribution in [3.05, 3.63) is 0 Å². The zero-order valence-electron chi connectivity index (χ0n) is 6.15. The molecular formula is C5H10N2O3S. The Labute approximate surface area is 65.2 Å². The number of nitrogens with two attached hydrogens (primary N) is 1. The SMILES string of the molecule is CS(=O)(=O)N1CCC1C(N)=O. The molecule has 1 amide bonds. The summed E-state index contributed by atoms with van der Waals surface area (Å²) >= 11 is 0. The molecule has 1 unspecified atom stereocenters. The highest BCUT2D eigenvalue weighted by Gasteiger charge is 2.38. The third-order valence-corrected chi connectivity index (χ3v) is 3.01. The Kier molecular flexibility index (Phi) is 1.89. The second-order valence-corrected chi connectivity index (χ2v) is 4.52. The van der Waals surface area contributed by atoms with Gasteiger partial charge >= 0.3 is 0 Å². The maximum Gasteiger partial charge on any atom is 0.235 e. The lowest BCUT2D eigenvalue weighted by Gasteiger charge is -2.36. The number of carbonyl (C=O) groups is 1. The number of primary amides is 1. The van der Waals surface area contributed by atoms with Gasteiger partial charge in [-0.05, 0) is 6.42 Å². The molecule has 1 aliphatic rings. The fourth-order valence-corrected chi connectivity index (χ4v) is 2.15. The van der Waals surface area contributed by atoms with Gasteiger partial charge in [0, 0.05) is 6.54 Å². The van der Waals surface area contributed by atoms with Crippen LogP contribution in [0.3, 0.4) is 0 Å². The summed E-state index contributed by atoms with van der Waals surface area (Å²) < 4.78 is 22.8. The highest BCUT2D eigenvalue weighted by molar-refractivity contribution is 7.88. The molecule has 1 saturated heterocycles. The van der Waals surface area contributed by atoms with Gasteiger partial charge in [-0.1, -0.05) is 0 Å². The summed E-state index contributed by atoms with van der Waals surface area (Å²) in [4.78, 5) is 10.6. The topological polar surface area (TPSA) is 80.5 Å². The molecule has 5 nitrogen and oxygen atoms in total. The maximum atomic E-state index is 10.8. The van der Waals surface area contributed by atoms with Crippen LogP contribution in [0.2, 0.25) is 0 Å². The van der Waals surface area contributed by atoms with Gasteiger partial charge in [0.2, 0.25) is 15.9 Å². The van der Waals surface area contributed by atoms with Crippen molar-refractivity contribution >= 4 is 15.9 Å². The van der Waals surface area contributed by atoms with E-state index in [-0.39, 0.29) is 0 Å². The van der Waals surface area contributed by atoms with Crippen molar-refractivity contribution in [2.75, 3.05) is 12.8 Å². The molecule has 6 heteroatoms. The Balaban J connectivity index is 2.72. The van der Waals surface area contributed by atoms with Crippen LogP contribution in [-0.2, 0) is 14.8 Å². The summed E-state index contributed by atoms with van der Waals surface area (Å²) in [7, 11) is -3.23. The molecule has 2 N–H and O–H groups in total. The quantitative estimate of drug-likeness (QED) is 0.559. The van der Waals surface area contributed by atoms with E-state index in [9.17, 15) is 13.2 Å². The molecule has 1 heterocycles. The van der Waals surface area contributed by atoms with Crippen molar-refractivity contribution in [3.63, 3.8) is 0 Å². The van der Waals surface area contributed by atoms with Gasteiger partial charge in [-0.3, -0.25) is 4.79 Å². The molecule has 1 atom stereocenters. The van der Waals surface area contributed by atoms with E-state index < -0.39 is 22.0 Å². The molecule has 0 aliphatic carbocycles. The van der Waals surface area contributed by atoms with Crippen molar-refractivity contribution in [1.29, 1.82) is 0 Å². The minimum absolute atomic E-state index is 0.409. The average molecular weight is 178 g/mol. The summed E-state index contributed by atoms with van der Waals surface area (Å²) in [5.41, 5.74) is 4.94. The molecule has 11 heavy (non-hydrogen) atoms. The predicted molar refractivity (Wildman–Crippen MR) is 39.1 cm³/mol. The van der Waals surface area contributed by atoms with E-state index in [1.165, 1.54) is 0 Å². The Bertz CT molecular complexity index is 271. The van der Waals surface area contributed by atoms with E-state index in [2.05, 4.69) is 0 Å². The van der Waals surface area contributed by atoms with Gasteiger partial charge in [-0.2, -0.15) is 4.31 Å². The van der Waals surface area contributed by atoms with Crippen LogP contribution < -0.4 is 5.73 Å². The minimum atomic E-state index is -3.23. The fourth-order valence-electron chi connectivity index (χ4n) is 1.04. The van der Waals surface area contributed by atoms with E-state index in [4.69, 9.17) is 5.73 Å². The molecule has 1 fully saturated rings. The first kappa shape index (κ1) is 8.48. The lowest BCUT2D eigenvalue weighted by Crippen LogP contribution is -2.56. The van der Waals surface area contributed by atoms with Crippen molar-refractivity contribution in [1.82, 2.24) is 4.31 Å². The van der Waals surface area contributed by atoms with Crippen LogP contribution in [0.5, 0.6) is 0 Å². The molecule has 0 radical (unpaired) electrons. The molecule has 1 aliphatic heterocycles. The van der Waals surface area contributed by atoms with Crippen molar-refractivity contribution in [2.24, 2.45) is 5.73 Å². The normalized spacial score (nSPS) is 26.1. The van der Waals surface area contributed by atoms with Gasteiger partial charge < -0.3 is 5.73 Å². The Morgan fingerprint density at radius 3 is 2.27 bits per heavy atom. The van der Waals surface area contributed by atoms with E-state index in [0.717, 1.165) is 10.6 Å². The van der Waals surface area contributed by atoms with Gasteiger partial charge in [0.25, 0.3) is 0 Å². The minimum Gasteiger partial charge on any atom is -0.368 e. The van der Waals surface area contributed by atoms with Crippen molar-refractivity contribution < 1.29 is 13.2 Å². The molecule has 0 saturated carbocycles. The van der Waals surface area contributed by atoms with Gasteiger partial charge in [-0.25, -0.2) is 8.42 Å². The molecule has 1 rings (SSSR count). The first-order valence-electron chi connectivity index (χ1n) is 3.19. The second kappa shape index (κ2) is 2.46. The number of hydrogen-bond donors (Lipinski definition) is 1. The summed E-state index contributed by atoms with van der Waals surface area (Å²) in [5.74, 6) is -0.568. The van der Waals surface area contributed by atoms with Gasteiger partial charge in [0.05, 0.1) is 6.26 Å². The lowest BCUT2D eigenvalue weighted by molar-refractivity contribution is -0.124. The molecule has 0 aromatic heterocycles. The van der Waals surface area contributed by atoms with Gasteiger partial charge in [-0.15, -0.1) is 0 Å². The van der Waals surface area contributed by atoms with Crippen molar-refractivity contribution in [2.45, 2.75) is 12.5 Å². The van der Waals surface area contributed by atoms with Crippen LogP contribution in [0.1, 0.15) is 6.42 Å². The zero-order chi connectivity index (χ0) is 8.65. The number of nitrogens with zero attached hydrogens (tertiary/aromatic N) is 1. The Morgan fingerprint density at radius 2 is 2.18 bits per heavy atom. The van der Waals surface area contributed by atoms with E-state index >= 15 is 0 Å². The predicted octanol–water partition coefficient (Wildman–Crippen LogP) is -1.49. The number of carbonyl (C=O) groups excluding carboxylic acids is 1. The van der Waals surface area contributed by atoms with Crippen LogP contribution in [0.15, 0.2) is 0 Å². The van der Waals surface area contributed by atoms with E-state index in [0.29, 0.717) is 13.0 Å². The third-order valence-electron chi connectivity index (χ3n) is 1.72. The first-order valence-corrected chi connectivity index (χ1v) is 5.04. The largest absolute Gasteiger partial charge is 0.368 e. The van der Waals surface area contributed by atoms with Gasteiger partial charge in [0.15, 0.2) is 0 Å². The summed E-state index contributed by atoms with van der Waals surface area (Å²) in [6.45, 7) is 0.409. The van der Waals surface area contributed by atoms with Crippen LogP contribution in [-0.4, -0.2) is 37.5 Å². The Morgan fingerprint density at radius 1 is 1.64 bits per heavy atom. The van der Waals surface area contributed by atoms with Crippen molar-refractivity contribution in [3.8, 4) is 0 Å². The van der Waals surface area contributed by atoms with Gasteiger partial charge in [0.1, 0.15) is 6.04 Å². The monoisotopic (exact) mass is 178 g/mol. The first-order chi connectivity index (χ1) is 4.93. The summed E-state index contributed by atoms with van der Waals surface area (Å²) in [6, 6.07) is -0.606. The van der Waals surface area contributed by atoms with E-state index in [1.54, 1.807) is 0 Å². The van der Waals surface area contributed by atoms with Crippen LogP contribution >= 0.6 is 0 Å². The van der Waals surface area contributed by atoms with Crippen LogP contribution in [0, 0.1) is 0 Å². The average Bonchev–Trinajstić information content (AvgIpc) is 1.51. The molecular weight excluding hydrogens is 168 g/mol.